The summed E-state index contributed by atoms with van der Waals surface area (Å²) >= 11 is 0. The van der Waals surface area contributed by atoms with Gasteiger partial charge in [0.1, 0.15) is 5.75 Å². The maximum absolute atomic E-state index is 12.9. The first kappa shape index (κ1) is 27.7. The Balaban J connectivity index is 2.22. The number of hydrogen-bond acceptors (Lipinski definition) is 5. The lowest BCUT2D eigenvalue weighted by Gasteiger charge is -2.24. The lowest BCUT2D eigenvalue weighted by molar-refractivity contribution is 0.0827. The van der Waals surface area contributed by atoms with Crippen molar-refractivity contribution >= 4 is 33.8 Å². The molecule has 0 aliphatic carbocycles. The number of rotatable bonds is 7. The number of nitrogens with one attached hydrogen (secondary N) is 2. The van der Waals surface area contributed by atoms with E-state index in [1.807, 2.05) is 18.2 Å². The maximum Gasteiger partial charge on any atom is 0.255 e. The molecule has 0 aliphatic rings. The number of carbonyl (C=O) groups is 1. The van der Waals surface area contributed by atoms with Crippen LogP contribution in [-0.4, -0.2) is 51.7 Å². The average Bonchev–Trinajstić information content (AvgIpc) is 2.80. The normalized spacial score (nSPS) is 12.0. The highest BCUT2D eigenvalue weighted by Crippen LogP contribution is 2.38. The van der Waals surface area contributed by atoms with Crippen LogP contribution in [0.2, 0.25) is 0 Å². The Morgan fingerprint density at radius 1 is 1.05 bits per heavy atom. The number of nitrogens with zero attached hydrogens (tertiary/aromatic N) is 1. The van der Waals surface area contributed by atoms with Crippen molar-refractivity contribution in [2.24, 2.45) is 0 Å². The number of sulfonamides is 1. The van der Waals surface area contributed by atoms with Gasteiger partial charge in [-0.05, 0) is 52.9 Å². The van der Waals surface area contributed by atoms with Gasteiger partial charge in [-0.1, -0.05) is 39.0 Å². The number of pyridine rings is 1. The standard InChI is InChI=1S/C28H33N3O5S/c1-28(2,3)24-16-20(22-9-8-14-29-26(22)32)15-19(25(24)36-6)11-10-18-12-13-21(30-37(7,34)35)17-23(18)27(33)31(4)5/h8-17,30H,1-7H3,(H,29,32)/b11-10+. The number of ether oxygens (including phenoxy) is 1. The molecule has 1 heterocycles. The molecule has 0 atom stereocenters. The van der Waals surface area contributed by atoms with Crippen molar-refractivity contribution in [3.8, 4) is 16.9 Å². The van der Waals surface area contributed by atoms with E-state index < -0.39 is 10.0 Å². The number of carbonyl (C=O) groups excluding carboxylic acids is 1. The second-order valence-corrected chi connectivity index (χ2v) is 11.8. The third-order valence-electron chi connectivity index (χ3n) is 5.69. The Kier molecular flexibility index (Phi) is 7.97. The zero-order valence-electron chi connectivity index (χ0n) is 22.2. The molecule has 9 heteroatoms. The van der Waals surface area contributed by atoms with E-state index in [4.69, 9.17) is 4.74 Å². The van der Waals surface area contributed by atoms with E-state index in [2.05, 4.69) is 30.5 Å². The number of aromatic amines is 1. The summed E-state index contributed by atoms with van der Waals surface area (Å²) in [7, 11) is 1.35. The third-order valence-corrected chi connectivity index (χ3v) is 6.30. The predicted octanol–water partition coefficient (Wildman–Crippen LogP) is 4.59. The maximum atomic E-state index is 12.9. The molecular formula is C28H33N3O5S. The van der Waals surface area contributed by atoms with Crippen molar-refractivity contribution in [2.45, 2.75) is 26.2 Å². The quantitative estimate of drug-likeness (QED) is 0.440. The van der Waals surface area contributed by atoms with Crippen LogP contribution in [0.25, 0.3) is 23.3 Å². The van der Waals surface area contributed by atoms with E-state index in [9.17, 15) is 18.0 Å². The molecule has 0 fully saturated rings. The minimum Gasteiger partial charge on any atom is -0.496 e. The molecule has 8 nitrogen and oxygen atoms in total. The van der Waals surface area contributed by atoms with Gasteiger partial charge in [0, 0.05) is 48.2 Å². The summed E-state index contributed by atoms with van der Waals surface area (Å²) in [6, 6.07) is 12.2. The highest BCUT2D eigenvalue weighted by Gasteiger charge is 2.23. The zero-order valence-corrected chi connectivity index (χ0v) is 23.0. The van der Waals surface area contributed by atoms with E-state index in [0.29, 0.717) is 28.1 Å². The average molecular weight is 524 g/mol. The molecule has 1 amide bonds. The van der Waals surface area contributed by atoms with Crippen LogP contribution in [0.5, 0.6) is 5.75 Å². The number of benzene rings is 2. The minimum atomic E-state index is -3.51. The van der Waals surface area contributed by atoms with Crippen molar-refractivity contribution in [3.05, 3.63) is 81.3 Å². The molecule has 3 rings (SSSR count). The monoisotopic (exact) mass is 523 g/mol. The fraction of sp³-hybridized carbons (Fsp3) is 0.286. The lowest BCUT2D eigenvalue weighted by atomic mass is 9.83. The lowest BCUT2D eigenvalue weighted by Crippen LogP contribution is -2.23. The van der Waals surface area contributed by atoms with Crippen molar-refractivity contribution in [1.29, 1.82) is 0 Å². The van der Waals surface area contributed by atoms with Crippen molar-refractivity contribution in [2.75, 3.05) is 32.2 Å². The largest absolute Gasteiger partial charge is 0.496 e. The number of H-pyrrole nitrogens is 1. The van der Waals surface area contributed by atoms with Crippen LogP contribution in [0.4, 0.5) is 5.69 Å². The molecular weight excluding hydrogens is 490 g/mol. The number of methoxy groups -OCH3 is 1. The Morgan fingerprint density at radius 2 is 1.73 bits per heavy atom. The molecule has 1 aromatic heterocycles. The topological polar surface area (TPSA) is 109 Å². The summed E-state index contributed by atoms with van der Waals surface area (Å²) in [6.45, 7) is 6.20. The molecule has 0 saturated carbocycles. The SMILES string of the molecule is COc1c(/C=C/c2ccc(NS(C)(=O)=O)cc2C(=O)N(C)C)cc(-c2ccc[nH]c2=O)cc1C(C)(C)C. The third kappa shape index (κ3) is 6.68. The smallest absolute Gasteiger partial charge is 0.255 e. The van der Waals surface area contributed by atoms with Gasteiger partial charge in [0.2, 0.25) is 10.0 Å². The van der Waals surface area contributed by atoms with Crippen LogP contribution in [0.1, 0.15) is 47.8 Å². The number of hydrogen-bond donors (Lipinski definition) is 2. The summed E-state index contributed by atoms with van der Waals surface area (Å²) in [5, 5.41) is 0. The Hall–Kier alpha value is -3.85. The molecule has 0 bridgehead atoms. The molecule has 0 unspecified atom stereocenters. The van der Waals surface area contributed by atoms with Crippen LogP contribution < -0.4 is 15.0 Å². The van der Waals surface area contributed by atoms with Gasteiger partial charge in [-0.25, -0.2) is 8.42 Å². The van der Waals surface area contributed by atoms with Gasteiger partial charge in [-0.3, -0.25) is 14.3 Å². The predicted molar refractivity (Wildman–Crippen MR) is 150 cm³/mol. The molecule has 196 valence electrons. The fourth-order valence-electron chi connectivity index (χ4n) is 3.95. The summed E-state index contributed by atoms with van der Waals surface area (Å²) < 4.78 is 31.6. The van der Waals surface area contributed by atoms with Crippen LogP contribution in [0, 0.1) is 0 Å². The van der Waals surface area contributed by atoms with Crippen LogP contribution >= 0.6 is 0 Å². The summed E-state index contributed by atoms with van der Waals surface area (Å²) in [5.41, 5.74) is 3.67. The number of anilines is 1. The van der Waals surface area contributed by atoms with Crippen molar-refractivity contribution in [1.82, 2.24) is 9.88 Å². The second-order valence-electron chi connectivity index (χ2n) is 10.0. The molecule has 2 aromatic carbocycles. The molecule has 0 saturated heterocycles. The Labute approximate surface area is 218 Å². The van der Waals surface area contributed by atoms with Crippen LogP contribution in [0.3, 0.4) is 0 Å². The van der Waals surface area contributed by atoms with Gasteiger partial charge in [-0.15, -0.1) is 0 Å². The zero-order chi connectivity index (χ0) is 27.5. The van der Waals surface area contributed by atoms with Gasteiger partial charge < -0.3 is 14.6 Å². The molecule has 0 radical (unpaired) electrons. The van der Waals surface area contributed by atoms with E-state index >= 15 is 0 Å². The molecule has 3 aromatic rings. The second kappa shape index (κ2) is 10.6. The highest BCUT2D eigenvalue weighted by atomic mass is 32.2. The molecule has 37 heavy (non-hydrogen) atoms. The minimum absolute atomic E-state index is 0.199. The first-order chi connectivity index (χ1) is 17.2. The van der Waals surface area contributed by atoms with Gasteiger partial charge in [0.25, 0.3) is 11.5 Å². The van der Waals surface area contributed by atoms with Crippen LogP contribution in [0.15, 0.2) is 53.5 Å². The van der Waals surface area contributed by atoms with E-state index in [1.54, 1.807) is 57.7 Å². The number of amides is 1. The van der Waals surface area contributed by atoms with Gasteiger partial charge in [0.05, 0.1) is 13.4 Å². The molecule has 0 aliphatic heterocycles. The first-order valence-electron chi connectivity index (χ1n) is 11.6. The van der Waals surface area contributed by atoms with Crippen molar-refractivity contribution < 1.29 is 17.9 Å². The number of aromatic nitrogens is 1. The Morgan fingerprint density at radius 3 is 2.30 bits per heavy atom. The van der Waals surface area contributed by atoms with Gasteiger partial charge >= 0.3 is 0 Å². The van der Waals surface area contributed by atoms with Crippen LogP contribution in [-0.2, 0) is 15.4 Å². The van der Waals surface area contributed by atoms with E-state index in [1.165, 1.54) is 11.0 Å². The van der Waals surface area contributed by atoms with E-state index in [-0.39, 0.29) is 16.9 Å². The van der Waals surface area contributed by atoms with Gasteiger partial charge in [-0.2, -0.15) is 0 Å². The Bertz CT molecular complexity index is 1510. The highest BCUT2D eigenvalue weighted by molar-refractivity contribution is 7.92. The molecule has 0 spiro atoms. The summed E-state index contributed by atoms with van der Waals surface area (Å²) in [5.74, 6) is 0.388. The van der Waals surface area contributed by atoms with Crippen molar-refractivity contribution in [3.63, 3.8) is 0 Å². The van der Waals surface area contributed by atoms with Gasteiger partial charge in [0.15, 0.2) is 0 Å². The first-order valence-corrected chi connectivity index (χ1v) is 13.5. The fourth-order valence-corrected chi connectivity index (χ4v) is 4.50. The summed E-state index contributed by atoms with van der Waals surface area (Å²) in [4.78, 5) is 29.6. The van der Waals surface area contributed by atoms with E-state index in [0.717, 1.165) is 22.9 Å². The molecule has 2 N–H and O–H groups in total. The summed E-state index contributed by atoms with van der Waals surface area (Å²) in [6.07, 6.45) is 6.26.